The summed E-state index contributed by atoms with van der Waals surface area (Å²) in [5.41, 5.74) is 2.62. The molecular weight excluding hydrogens is 484 g/mol. The predicted molar refractivity (Wildman–Crippen MR) is 132 cm³/mol. The molecule has 1 heterocycles. The topological polar surface area (TPSA) is 112 Å². The molecule has 3 aromatic rings. The fourth-order valence-corrected chi connectivity index (χ4v) is 4.79. The monoisotopic (exact) mass is 514 g/mol. The molecule has 2 N–H and O–H groups in total. The normalized spacial score (nSPS) is 24.4. The van der Waals surface area contributed by atoms with Gasteiger partial charge in [0.05, 0.1) is 19.8 Å². The number of ether oxygens (including phenoxy) is 4. The van der Waals surface area contributed by atoms with Crippen LogP contribution >= 0.6 is 0 Å². The fraction of sp³-hybridized carbons (Fsp3) is 0.333. The molecule has 0 amide bonds. The molecule has 8 nitrogen and oxygen atoms in total. The maximum atomic E-state index is 11.8. The van der Waals surface area contributed by atoms with Crippen LogP contribution in [0.4, 0.5) is 0 Å². The minimum atomic E-state index is -4.44. The van der Waals surface area contributed by atoms with Gasteiger partial charge in [-0.25, -0.2) is 0 Å². The van der Waals surface area contributed by atoms with Crippen LogP contribution in [-0.2, 0) is 48.9 Å². The highest BCUT2D eigenvalue weighted by molar-refractivity contribution is 7.85. The Bertz CT molecular complexity index is 1160. The molecule has 0 radical (unpaired) electrons. The van der Waals surface area contributed by atoms with Gasteiger partial charge >= 0.3 is 0 Å². The van der Waals surface area contributed by atoms with Gasteiger partial charge in [-0.05, 0) is 16.7 Å². The van der Waals surface area contributed by atoms with Gasteiger partial charge in [0.15, 0.2) is 6.29 Å². The first kappa shape index (κ1) is 26.4. The molecule has 192 valence electrons. The van der Waals surface area contributed by atoms with Crippen LogP contribution in [0.25, 0.3) is 0 Å². The van der Waals surface area contributed by atoms with Crippen molar-refractivity contribution in [3.63, 3.8) is 0 Å². The van der Waals surface area contributed by atoms with Crippen LogP contribution in [0.15, 0.2) is 91.0 Å². The first-order valence-corrected chi connectivity index (χ1v) is 13.3. The first-order chi connectivity index (χ1) is 17.4. The number of rotatable bonds is 11. The minimum Gasteiger partial charge on any atom is -0.368 e. The first-order valence-electron chi connectivity index (χ1n) is 11.6. The molecule has 1 aliphatic heterocycles. The van der Waals surface area contributed by atoms with Gasteiger partial charge in [0, 0.05) is 0 Å². The smallest absolute Gasteiger partial charge is 0.267 e. The van der Waals surface area contributed by atoms with Crippen LogP contribution < -0.4 is 0 Å². The highest BCUT2D eigenvalue weighted by Crippen LogP contribution is 2.30. The Morgan fingerprint density at radius 3 is 1.44 bits per heavy atom. The van der Waals surface area contributed by atoms with E-state index in [9.17, 15) is 18.1 Å². The predicted octanol–water partition coefficient (Wildman–Crippen LogP) is 3.35. The van der Waals surface area contributed by atoms with E-state index in [0.29, 0.717) is 0 Å². The zero-order valence-corrected chi connectivity index (χ0v) is 20.4. The maximum Gasteiger partial charge on any atom is 0.267 e. The Balaban J connectivity index is 1.60. The van der Waals surface area contributed by atoms with Gasteiger partial charge in [-0.2, -0.15) is 8.42 Å². The Morgan fingerprint density at radius 1 is 0.639 bits per heavy atom. The lowest BCUT2D eigenvalue weighted by molar-refractivity contribution is -0.307. The molecule has 36 heavy (non-hydrogen) atoms. The molecule has 0 saturated carbocycles. The van der Waals surface area contributed by atoms with Crippen molar-refractivity contribution in [2.75, 3.05) is 5.75 Å². The largest absolute Gasteiger partial charge is 0.368 e. The average molecular weight is 515 g/mol. The van der Waals surface area contributed by atoms with Crippen molar-refractivity contribution < 1.29 is 37.0 Å². The van der Waals surface area contributed by atoms with Crippen LogP contribution in [0.2, 0.25) is 0 Å². The lowest BCUT2D eigenvalue weighted by Crippen LogP contribution is -2.61. The number of aliphatic hydroxyl groups is 1. The van der Waals surface area contributed by atoms with E-state index in [4.69, 9.17) is 18.9 Å². The molecule has 1 aliphatic rings. The Kier molecular flexibility index (Phi) is 9.22. The van der Waals surface area contributed by atoms with Gasteiger partial charge in [0.2, 0.25) is 0 Å². The van der Waals surface area contributed by atoms with E-state index in [2.05, 4.69) is 0 Å². The molecule has 0 bridgehead atoms. The summed E-state index contributed by atoms with van der Waals surface area (Å²) in [6, 6.07) is 28.2. The number of aliphatic hydroxyl groups excluding tert-OH is 1. The van der Waals surface area contributed by atoms with E-state index in [0.717, 1.165) is 16.7 Å². The molecule has 9 heteroatoms. The van der Waals surface area contributed by atoms with Crippen LogP contribution in [0, 0.1) is 0 Å². The van der Waals surface area contributed by atoms with Gasteiger partial charge < -0.3 is 24.1 Å². The molecule has 4 rings (SSSR count). The van der Waals surface area contributed by atoms with Gasteiger partial charge in [-0.3, -0.25) is 4.55 Å². The second-order valence-corrected chi connectivity index (χ2v) is 10.1. The van der Waals surface area contributed by atoms with E-state index in [1.807, 2.05) is 91.0 Å². The van der Waals surface area contributed by atoms with Crippen molar-refractivity contribution in [1.82, 2.24) is 0 Å². The van der Waals surface area contributed by atoms with Crippen LogP contribution in [-0.4, -0.2) is 54.5 Å². The van der Waals surface area contributed by atoms with Gasteiger partial charge in [-0.15, -0.1) is 0 Å². The summed E-state index contributed by atoms with van der Waals surface area (Å²) in [5.74, 6) is -0.764. The Morgan fingerprint density at radius 2 is 1.03 bits per heavy atom. The second kappa shape index (κ2) is 12.6. The lowest BCUT2D eigenvalue weighted by Gasteiger charge is -2.44. The number of hydrogen-bond acceptors (Lipinski definition) is 7. The average Bonchev–Trinajstić information content (AvgIpc) is 2.87. The molecule has 0 aliphatic carbocycles. The number of benzene rings is 3. The van der Waals surface area contributed by atoms with Crippen molar-refractivity contribution >= 4 is 10.1 Å². The van der Waals surface area contributed by atoms with Crippen LogP contribution in [0.3, 0.4) is 0 Å². The Labute approximate surface area is 211 Å². The zero-order chi connectivity index (χ0) is 25.4. The third-order valence-corrected chi connectivity index (χ3v) is 6.59. The summed E-state index contributed by atoms with van der Waals surface area (Å²) in [6.07, 6.45) is -5.52. The third-order valence-electron chi connectivity index (χ3n) is 5.84. The van der Waals surface area contributed by atoms with E-state index < -0.39 is 46.6 Å². The second-order valence-electron chi connectivity index (χ2n) is 8.60. The molecule has 0 spiro atoms. The van der Waals surface area contributed by atoms with E-state index in [1.165, 1.54) is 0 Å². The quantitative estimate of drug-likeness (QED) is 0.375. The van der Waals surface area contributed by atoms with Crippen molar-refractivity contribution in [2.24, 2.45) is 0 Å². The summed E-state index contributed by atoms with van der Waals surface area (Å²) in [4.78, 5) is 0. The zero-order valence-electron chi connectivity index (χ0n) is 19.6. The van der Waals surface area contributed by atoms with Crippen LogP contribution in [0.5, 0.6) is 0 Å². The van der Waals surface area contributed by atoms with Crippen molar-refractivity contribution in [1.29, 1.82) is 0 Å². The fourth-order valence-electron chi connectivity index (χ4n) is 4.11. The summed E-state index contributed by atoms with van der Waals surface area (Å²) in [6.45, 7) is 0.488. The molecule has 1 fully saturated rings. The van der Waals surface area contributed by atoms with Crippen molar-refractivity contribution in [3.05, 3.63) is 108 Å². The third kappa shape index (κ3) is 7.68. The molecule has 5 atom stereocenters. The van der Waals surface area contributed by atoms with Gasteiger partial charge in [0.25, 0.3) is 10.1 Å². The molecule has 3 aromatic carbocycles. The van der Waals surface area contributed by atoms with Crippen molar-refractivity contribution in [3.8, 4) is 0 Å². The lowest BCUT2D eigenvalue weighted by atomic mass is 9.98. The minimum absolute atomic E-state index is 0.142. The molecule has 1 unspecified atom stereocenters. The highest BCUT2D eigenvalue weighted by Gasteiger charge is 2.49. The summed E-state index contributed by atoms with van der Waals surface area (Å²) in [7, 11) is -4.44. The number of hydrogen-bond donors (Lipinski definition) is 2. The van der Waals surface area contributed by atoms with Gasteiger partial charge in [-0.1, -0.05) is 91.0 Å². The standard InChI is InChI=1S/C27H30O8S/c28-27-26(34-18-22-14-8-3-9-15-22)25(33-17-21-12-6-2-7-13-21)24(23(35-27)19-36(29,30)31)32-16-20-10-4-1-5-11-20/h1-15,23-28H,16-19H2,(H,29,30,31)/t23-,24?,25+,26-,27+/m1/s1. The molecule has 0 aromatic heterocycles. The van der Waals surface area contributed by atoms with E-state index in [1.54, 1.807) is 0 Å². The van der Waals surface area contributed by atoms with E-state index >= 15 is 0 Å². The molecule has 1 saturated heterocycles. The van der Waals surface area contributed by atoms with Crippen LogP contribution in [0.1, 0.15) is 16.7 Å². The van der Waals surface area contributed by atoms with Gasteiger partial charge in [0.1, 0.15) is 30.2 Å². The highest BCUT2D eigenvalue weighted by atomic mass is 32.2. The van der Waals surface area contributed by atoms with Crippen molar-refractivity contribution in [2.45, 2.75) is 50.5 Å². The Hall–Kier alpha value is -2.63. The maximum absolute atomic E-state index is 11.8. The summed E-state index contributed by atoms with van der Waals surface area (Å²) in [5, 5.41) is 10.8. The van der Waals surface area contributed by atoms with E-state index in [-0.39, 0.29) is 19.8 Å². The SMILES string of the molecule is O=S(=O)(O)C[C@H]1O[C@H](O)[C@H](OCc2ccccc2)[C@@H](OCc2ccccc2)C1OCc1ccccc1. The summed E-state index contributed by atoms with van der Waals surface area (Å²) >= 11 is 0. The summed E-state index contributed by atoms with van der Waals surface area (Å²) < 4.78 is 57.1. The molecular formula is C27H30O8S.